The van der Waals surface area contributed by atoms with Crippen molar-refractivity contribution in [2.24, 2.45) is 0 Å². The first-order valence-corrected chi connectivity index (χ1v) is 15.1. The lowest BCUT2D eigenvalue weighted by molar-refractivity contribution is 0.378. The number of thiophene rings is 1. The van der Waals surface area contributed by atoms with Gasteiger partial charge in [-0.1, -0.05) is 29.3 Å². The van der Waals surface area contributed by atoms with Crippen LogP contribution in [0.5, 0.6) is 5.75 Å². The molecule has 12 heteroatoms. The second-order valence-electron chi connectivity index (χ2n) is 8.75. The molecule has 0 bridgehead atoms. The standard InChI is InChI=1S/C26H27Cl2N5O3S2/c1-36-20-7-4-18(5-8-20)25-23(30-26(31-25)24-3-2-16-37-24)10-11-29-38(34,35)33-14-12-32(13-15-33)19-6-9-21(27)22(28)17-19/h2-9,16-17,29H,10-15H2,1H3,(H,30,31). The molecule has 5 rings (SSSR count). The van der Waals surface area contributed by atoms with E-state index in [1.165, 1.54) is 4.31 Å². The second-order valence-corrected chi connectivity index (χ2v) is 12.3. The molecule has 1 fully saturated rings. The first-order valence-electron chi connectivity index (χ1n) is 12.1. The summed E-state index contributed by atoms with van der Waals surface area (Å²) in [7, 11) is -2.01. The van der Waals surface area contributed by atoms with E-state index in [0.29, 0.717) is 42.6 Å². The Morgan fingerprint density at radius 2 is 1.82 bits per heavy atom. The molecular weight excluding hydrogens is 565 g/mol. The summed E-state index contributed by atoms with van der Waals surface area (Å²) < 4.78 is 35.6. The number of ether oxygens (including phenoxy) is 1. The fourth-order valence-corrected chi connectivity index (χ4v) is 6.52. The average molecular weight is 593 g/mol. The van der Waals surface area contributed by atoms with Gasteiger partial charge in [0, 0.05) is 56.1 Å². The van der Waals surface area contributed by atoms with Crippen molar-refractivity contribution in [3.63, 3.8) is 0 Å². The quantitative estimate of drug-likeness (QED) is 0.275. The van der Waals surface area contributed by atoms with E-state index >= 15 is 0 Å². The maximum Gasteiger partial charge on any atom is 0.279 e. The number of H-pyrrole nitrogens is 1. The van der Waals surface area contributed by atoms with Crippen LogP contribution in [0.1, 0.15) is 5.69 Å². The maximum absolute atomic E-state index is 13.1. The molecule has 0 amide bonds. The van der Waals surface area contributed by atoms with Gasteiger partial charge in [0.25, 0.3) is 10.2 Å². The summed E-state index contributed by atoms with van der Waals surface area (Å²) in [6.07, 6.45) is 0.461. The normalized spacial score (nSPS) is 14.7. The number of hydrogen-bond donors (Lipinski definition) is 2. The van der Waals surface area contributed by atoms with Gasteiger partial charge in [-0.2, -0.15) is 12.7 Å². The molecule has 0 atom stereocenters. The summed E-state index contributed by atoms with van der Waals surface area (Å²) in [5.41, 5.74) is 3.52. The van der Waals surface area contributed by atoms with Gasteiger partial charge in [0.05, 0.1) is 27.7 Å². The highest BCUT2D eigenvalue weighted by atomic mass is 35.5. The SMILES string of the molecule is COc1ccc(-c2nc(-c3cccs3)[nH]c2CCNS(=O)(=O)N2CCN(c3ccc(Cl)c(Cl)c3)CC2)cc1. The highest BCUT2D eigenvalue weighted by Crippen LogP contribution is 2.30. The number of aromatic nitrogens is 2. The number of rotatable bonds is 9. The van der Waals surface area contributed by atoms with Gasteiger partial charge in [-0.05, 0) is 53.9 Å². The Morgan fingerprint density at radius 3 is 2.47 bits per heavy atom. The minimum Gasteiger partial charge on any atom is -0.497 e. The Balaban J connectivity index is 1.24. The molecule has 2 aromatic heterocycles. The second kappa shape index (κ2) is 11.6. The van der Waals surface area contributed by atoms with Gasteiger partial charge in [0.2, 0.25) is 0 Å². The average Bonchev–Trinajstić information content (AvgIpc) is 3.61. The Labute approximate surface area is 236 Å². The highest BCUT2D eigenvalue weighted by molar-refractivity contribution is 7.87. The van der Waals surface area contributed by atoms with Crippen LogP contribution in [0.3, 0.4) is 0 Å². The molecule has 3 heterocycles. The summed E-state index contributed by atoms with van der Waals surface area (Å²) in [5, 5.41) is 2.98. The Hall–Kier alpha value is -2.60. The third-order valence-electron chi connectivity index (χ3n) is 6.40. The minimum atomic E-state index is -3.64. The van der Waals surface area contributed by atoms with Gasteiger partial charge in [0.15, 0.2) is 0 Å². The fourth-order valence-electron chi connectivity index (χ4n) is 4.37. The molecule has 38 heavy (non-hydrogen) atoms. The van der Waals surface area contributed by atoms with E-state index in [0.717, 1.165) is 39.1 Å². The summed E-state index contributed by atoms with van der Waals surface area (Å²) in [6, 6.07) is 17.1. The third-order valence-corrected chi connectivity index (χ3v) is 9.63. The van der Waals surface area contributed by atoms with Gasteiger partial charge in [-0.3, -0.25) is 0 Å². The van der Waals surface area contributed by atoms with Gasteiger partial charge < -0.3 is 14.6 Å². The van der Waals surface area contributed by atoms with Crippen molar-refractivity contribution in [2.45, 2.75) is 6.42 Å². The Bertz CT molecular complexity index is 1480. The zero-order chi connectivity index (χ0) is 26.7. The molecule has 0 aliphatic carbocycles. The number of benzene rings is 2. The number of piperazine rings is 1. The Morgan fingerprint density at radius 1 is 1.05 bits per heavy atom. The van der Waals surface area contributed by atoms with Crippen LogP contribution in [0, 0.1) is 0 Å². The van der Waals surface area contributed by atoms with Crippen LogP contribution < -0.4 is 14.4 Å². The number of anilines is 1. The predicted octanol–water partition coefficient (Wildman–Crippen LogP) is 5.32. The molecule has 0 saturated carbocycles. The number of imidazole rings is 1. The molecule has 2 aromatic carbocycles. The van der Waals surface area contributed by atoms with E-state index in [1.807, 2.05) is 53.9 Å². The van der Waals surface area contributed by atoms with Crippen molar-refractivity contribution in [1.82, 2.24) is 19.0 Å². The van der Waals surface area contributed by atoms with E-state index in [1.54, 1.807) is 24.5 Å². The molecular formula is C26H27Cl2N5O3S2. The number of hydrogen-bond acceptors (Lipinski definition) is 6. The van der Waals surface area contributed by atoms with Crippen molar-refractivity contribution in [3.8, 4) is 27.7 Å². The molecule has 1 aliphatic rings. The molecule has 0 radical (unpaired) electrons. The topological polar surface area (TPSA) is 90.6 Å². The van der Waals surface area contributed by atoms with Crippen LogP contribution in [0.4, 0.5) is 5.69 Å². The first-order chi connectivity index (χ1) is 18.3. The van der Waals surface area contributed by atoms with E-state index in [-0.39, 0.29) is 6.54 Å². The molecule has 8 nitrogen and oxygen atoms in total. The van der Waals surface area contributed by atoms with E-state index in [4.69, 9.17) is 32.9 Å². The van der Waals surface area contributed by atoms with Crippen LogP contribution in [-0.4, -0.2) is 62.5 Å². The first kappa shape index (κ1) is 27.0. The van der Waals surface area contributed by atoms with Crippen molar-refractivity contribution in [3.05, 3.63) is 75.7 Å². The van der Waals surface area contributed by atoms with Crippen LogP contribution in [0.15, 0.2) is 60.0 Å². The lowest BCUT2D eigenvalue weighted by Crippen LogP contribution is -2.52. The minimum absolute atomic E-state index is 0.241. The van der Waals surface area contributed by atoms with E-state index in [2.05, 4.69) is 14.6 Å². The van der Waals surface area contributed by atoms with Crippen LogP contribution in [0.2, 0.25) is 10.0 Å². The zero-order valence-electron chi connectivity index (χ0n) is 20.7. The maximum atomic E-state index is 13.1. The van der Waals surface area contributed by atoms with Gasteiger partial charge in [-0.25, -0.2) is 9.71 Å². The molecule has 0 unspecified atom stereocenters. The zero-order valence-corrected chi connectivity index (χ0v) is 23.8. The monoisotopic (exact) mass is 591 g/mol. The van der Waals surface area contributed by atoms with Crippen LogP contribution >= 0.6 is 34.5 Å². The number of aromatic amines is 1. The summed E-state index contributed by atoms with van der Waals surface area (Å²) in [4.78, 5) is 11.4. The molecule has 0 spiro atoms. The van der Waals surface area contributed by atoms with Gasteiger partial charge in [-0.15, -0.1) is 11.3 Å². The molecule has 1 saturated heterocycles. The number of methoxy groups -OCH3 is 1. The van der Waals surface area contributed by atoms with E-state index < -0.39 is 10.2 Å². The predicted molar refractivity (Wildman–Crippen MR) is 155 cm³/mol. The van der Waals surface area contributed by atoms with Crippen LogP contribution in [-0.2, 0) is 16.6 Å². The lowest BCUT2D eigenvalue weighted by Gasteiger charge is -2.35. The molecule has 1 aliphatic heterocycles. The summed E-state index contributed by atoms with van der Waals surface area (Å²) in [6.45, 7) is 2.11. The van der Waals surface area contributed by atoms with Crippen molar-refractivity contribution in [1.29, 1.82) is 0 Å². The third kappa shape index (κ3) is 6.01. The summed E-state index contributed by atoms with van der Waals surface area (Å²) >= 11 is 13.8. The number of nitrogens with zero attached hydrogens (tertiary/aromatic N) is 3. The molecule has 200 valence electrons. The summed E-state index contributed by atoms with van der Waals surface area (Å²) in [5.74, 6) is 1.53. The smallest absolute Gasteiger partial charge is 0.279 e. The van der Waals surface area contributed by atoms with Crippen molar-refractivity contribution in [2.75, 3.05) is 44.7 Å². The van der Waals surface area contributed by atoms with Crippen molar-refractivity contribution < 1.29 is 13.2 Å². The van der Waals surface area contributed by atoms with Crippen LogP contribution in [0.25, 0.3) is 22.0 Å². The van der Waals surface area contributed by atoms with Crippen molar-refractivity contribution >= 4 is 50.4 Å². The fraction of sp³-hybridized carbons (Fsp3) is 0.269. The number of nitrogens with one attached hydrogen (secondary N) is 2. The highest BCUT2D eigenvalue weighted by Gasteiger charge is 2.27. The Kier molecular flexibility index (Phi) is 8.27. The molecule has 2 N–H and O–H groups in total. The van der Waals surface area contributed by atoms with Gasteiger partial charge in [0.1, 0.15) is 11.6 Å². The van der Waals surface area contributed by atoms with Gasteiger partial charge >= 0.3 is 0 Å². The number of halogens is 2. The largest absolute Gasteiger partial charge is 0.497 e. The molecule has 4 aromatic rings. The van der Waals surface area contributed by atoms with E-state index in [9.17, 15) is 8.42 Å². The lowest BCUT2D eigenvalue weighted by atomic mass is 10.1.